The van der Waals surface area contributed by atoms with Crippen LogP contribution < -0.4 is 5.11 Å². The van der Waals surface area contributed by atoms with Crippen LogP contribution in [0, 0.1) is 0 Å². The summed E-state index contributed by atoms with van der Waals surface area (Å²) in [7, 11) is 0. The molecule has 0 aliphatic carbocycles. The largest absolute Gasteiger partial charge is 0.544 e. The summed E-state index contributed by atoms with van der Waals surface area (Å²) in [5.41, 5.74) is 0.888. The fourth-order valence-electron chi connectivity index (χ4n) is 1.89. The molecule has 4 nitrogen and oxygen atoms in total. The van der Waals surface area contributed by atoms with Gasteiger partial charge in [-0.3, -0.25) is 0 Å². The van der Waals surface area contributed by atoms with Gasteiger partial charge in [-0.25, -0.2) is 0 Å². The van der Waals surface area contributed by atoms with Gasteiger partial charge < -0.3 is 19.4 Å². The highest BCUT2D eigenvalue weighted by Crippen LogP contribution is 2.21. The number of benzene rings is 1. The second kappa shape index (κ2) is 4.46. The van der Waals surface area contributed by atoms with Crippen molar-refractivity contribution in [2.24, 2.45) is 0 Å². The van der Waals surface area contributed by atoms with Crippen LogP contribution in [0.4, 0.5) is 0 Å². The van der Waals surface area contributed by atoms with Crippen LogP contribution in [0.1, 0.15) is 17.9 Å². The zero-order valence-electron chi connectivity index (χ0n) is 18.4. The molecule has 0 amide bonds. The lowest BCUT2D eigenvalue weighted by Gasteiger charge is -2.34. The fourth-order valence-corrected chi connectivity index (χ4v) is 1.89. The average Bonchev–Trinajstić information content (AvgIpc) is 2.85. The van der Waals surface area contributed by atoms with Gasteiger partial charge >= 0.3 is 0 Å². The number of H-pyrrole nitrogens is 1. The SMILES string of the molecule is [2H]C([2H])([2H])[N+]([C@@H](Cc1c[nH]c2ccccc12)C(=O)[O-])(C([2H])([2H])[2H])C([2H])([2H])[2H]. The van der Waals surface area contributed by atoms with Crippen LogP contribution in [0.25, 0.3) is 10.9 Å². The molecule has 0 saturated carbocycles. The normalized spacial score (nSPS) is 23.2. The average molecular weight is 255 g/mol. The maximum absolute atomic E-state index is 11.9. The number of para-hydroxylation sites is 1. The van der Waals surface area contributed by atoms with Gasteiger partial charge in [0, 0.05) is 23.5 Å². The van der Waals surface area contributed by atoms with E-state index in [0.29, 0.717) is 10.9 Å². The molecule has 0 bridgehead atoms. The Hall–Kier alpha value is -1.81. The van der Waals surface area contributed by atoms with E-state index in [2.05, 4.69) is 4.98 Å². The molecule has 0 aliphatic rings. The number of nitrogens with zero attached hydrogens (tertiary/aromatic N) is 1. The number of carbonyl (C=O) groups excluding carboxylic acids is 1. The molecule has 1 atom stereocenters. The van der Waals surface area contributed by atoms with Crippen LogP contribution >= 0.6 is 0 Å². The summed E-state index contributed by atoms with van der Waals surface area (Å²) in [5.74, 6) is -2.07. The minimum absolute atomic E-state index is 0.278. The first-order chi connectivity index (χ1) is 12.1. The van der Waals surface area contributed by atoms with Crippen molar-refractivity contribution in [3.8, 4) is 0 Å². The van der Waals surface area contributed by atoms with Crippen LogP contribution in [0.3, 0.4) is 0 Å². The second-order valence-electron chi connectivity index (χ2n) is 4.12. The minimum Gasteiger partial charge on any atom is -0.544 e. The topological polar surface area (TPSA) is 55.9 Å². The van der Waals surface area contributed by atoms with Gasteiger partial charge in [0.05, 0.1) is 39.2 Å². The maximum atomic E-state index is 11.9. The molecule has 0 fully saturated rings. The summed E-state index contributed by atoms with van der Waals surface area (Å²) in [6, 6.07) is 4.32. The number of aromatic nitrogens is 1. The maximum Gasteiger partial charge on any atom is 0.133 e. The van der Waals surface area contributed by atoms with Crippen LogP contribution in [-0.2, 0) is 11.2 Å². The van der Waals surface area contributed by atoms with Gasteiger partial charge in [0.1, 0.15) is 6.04 Å². The van der Waals surface area contributed by atoms with Crippen molar-refractivity contribution in [2.75, 3.05) is 20.9 Å². The molecule has 1 aromatic carbocycles. The number of nitrogens with one attached hydrogen (secondary N) is 1. The van der Waals surface area contributed by atoms with Crippen LogP contribution in [0.15, 0.2) is 30.5 Å². The van der Waals surface area contributed by atoms with Crippen LogP contribution in [-0.4, -0.2) is 42.4 Å². The smallest absolute Gasteiger partial charge is 0.133 e. The molecule has 4 heteroatoms. The molecule has 1 aromatic heterocycles. The number of carboxylic acids is 1. The molecule has 0 saturated heterocycles. The highest BCUT2D eigenvalue weighted by molar-refractivity contribution is 5.84. The highest BCUT2D eigenvalue weighted by atomic mass is 16.4. The van der Waals surface area contributed by atoms with Crippen molar-refractivity contribution in [1.29, 1.82) is 0 Å². The molecule has 2 aromatic rings. The summed E-state index contributed by atoms with van der Waals surface area (Å²) in [6.07, 6.45) is 0.745. The van der Waals surface area contributed by atoms with E-state index in [0.717, 1.165) is 0 Å². The Balaban J connectivity index is 2.74. The minimum atomic E-state index is -3.67. The number of hydrogen-bond donors (Lipinski definition) is 1. The van der Waals surface area contributed by atoms with E-state index in [9.17, 15) is 9.90 Å². The number of rotatable bonds is 4. The Morgan fingerprint density at radius 3 is 2.83 bits per heavy atom. The molecule has 1 N–H and O–H groups in total. The third-order valence-electron chi connectivity index (χ3n) is 2.83. The van der Waals surface area contributed by atoms with E-state index >= 15 is 0 Å². The molecule has 1 heterocycles. The number of carbonyl (C=O) groups is 1. The summed E-state index contributed by atoms with van der Waals surface area (Å²) >= 11 is 0. The van der Waals surface area contributed by atoms with Gasteiger partial charge in [0.2, 0.25) is 0 Å². The zero-order valence-corrected chi connectivity index (χ0v) is 9.43. The van der Waals surface area contributed by atoms with Crippen LogP contribution in [0.2, 0.25) is 0 Å². The number of fused-ring (bicyclic) bond motifs is 1. The number of hydrogen-bond acceptors (Lipinski definition) is 2. The molecular weight excluding hydrogens is 228 g/mol. The molecule has 96 valence electrons. The van der Waals surface area contributed by atoms with E-state index < -0.39 is 43.8 Å². The number of quaternary nitrogens is 1. The van der Waals surface area contributed by atoms with E-state index in [1.54, 1.807) is 24.3 Å². The van der Waals surface area contributed by atoms with Crippen molar-refractivity contribution in [2.45, 2.75) is 12.5 Å². The molecule has 0 unspecified atom stereocenters. The molecule has 2 rings (SSSR count). The third kappa shape index (κ3) is 2.38. The predicted octanol–water partition coefficient (Wildman–Crippen LogP) is 0.535. The number of aromatic amines is 1. The summed E-state index contributed by atoms with van der Waals surface area (Å²) < 4.78 is 66.3. The lowest BCUT2D eigenvalue weighted by Crippen LogP contribution is -2.55. The van der Waals surface area contributed by atoms with E-state index in [4.69, 9.17) is 12.3 Å². The van der Waals surface area contributed by atoms with Crippen molar-refractivity contribution in [3.05, 3.63) is 36.0 Å². The van der Waals surface area contributed by atoms with Crippen molar-refractivity contribution in [1.82, 2.24) is 4.98 Å². The van der Waals surface area contributed by atoms with E-state index in [1.807, 2.05) is 0 Å². The van der Waals surface area contributed by atoms with Gasteiger partial charge in [0.25, 0.3) is 0 Å². The van der Waals surface area contributed by atoms with Crippen molar-refractivity contribution < 1.29 is 26.7 Å². The summed E-state index contributed by atoms with van der Waals surface area (Å²) in [5, 5.41) is 12.4. The van der Waals surface area contributed by atoms with Gasteiger partial charge in [-0.2, -0.15) is 0 Å². The Labute approximate surface area is 119 Å². The first-order valence-electron chi connectivity index (χ1n) is 9.79. The molecule has 0 spiro atoms. The van der Waals surface area contributed by atoms with E-state index in [-0.39, 0.29) is 5.56 Å². The quantitative estimate of drug-likeness (QED) is 0.811. The Kier molecular flexibility index (Phi) is 1.35. The van der Waals surface area contributed by atoms with Crippen molar-refractivity contribution >= 4 is 16.9 Å². The highest BCUT2D eigenvalue weighted by Gasteiger charge is 2.26. The number of aliphatic carboxylic acids is 1. The third-order valence-corrected chi connectivity index (χ3v) is 2.83. The van der Waals surface area contributed by atoms with Crippen molar-refractivity contribution in [3.63, 3.8) is 0 Å². The fraction of sp³-hybridized carbons (Fsp3) is 0.357. The Morgan fingerprint density at radius 1 is 1.44 bits per heavy atom. The van der Waals surface area contributed by atoms with Crippen LogP contribution in [0.5, 0.6) is 0 Å². The first kappa shape index (κ1) is 5.45. The summed E-state index contributed by atoms with van der Waals surface area (Å²) in [6.45, 7) is -11.0. The second-order valence-corrected chi connectivity index (χ2v) is 4.12. The molecule has 0 radical (unpaired) electrons. The Bertz CT molecular complexity index is 799. The van der Waals surface area contributed by atoms with Gasteiger partial charge in [-0.05, 0) is 11.6 Å². The summed E-state index contributed by atoms with van der Waals surface area (Å²) in [4.78, 5) is 14.7. The lowest BCUT2D eigenvalue weighted by molar-refractivity contribution is -0.889. The Morgan fingerprint density at radius 2 is 2.17 bits per heavy atom. The lowest BCUT2D eigenvalue weighted by atomic mass is 10.0. The van der Waals surface area contributed by atoms with E-state index in [1.165, 1.54) is 6.20 Å². The number of carboxylic acid groups (broad SMARTS) is 1. The van der Waals surface area contributed by atoms with Gasteiger partial charge in [0.15, 0.2) is 0 Å². The first-order valence-corrected chi connectivity index (χ1v) is 5.29. The van der Waals surface area contributed by atoms with Gasteiger partial charge in [-0.15, -0.1) is 0 Å². The molecule has 0 aliphatic heterocycles. The predicted molar refractivity (Wildman–Crippen MR) is 68.8 cm³/mol. The molecule has 18 heavy (non-hydrogen) atoms. The molecular formula is C14H18N2O2. The monoisotopic (exact) mass is 255 g/mol. The number of likely N-dealkylation sites (N-methyl/N-ethyl adjacent to an activating group) is 1. The van der Waals surface area contributed by atoms with Gasteiger partial charge in [-0.1, -0.05) is 18.2 Å². The standard InChI is InChI=1S/C14H18N2O2/c1-16(2,3)13(14(17)18)8-10-9-15-12-7-5-4-6-11(10)12/h4-7,9,13,15H,8H2,1-3H3/t13-/m0/s1/i1D3,2D3,3D3. The zero-order chi connectivity index (χ0) is 20.8.